The topological polar surface area (TPSA) is 91.2 Å². The molecule has 0 bridgehead atoms. The smallest absolute Gasteiger partial charge is 0.309 e. The predicted molar refractivity (Wildman–Crippen MR) is 221 cm³/mol. The summed E-state index contributed by atoms with van der Waals surface area (Å²) in [4.78, 5) is 14.4. The van der Waals surface area contributed by atoms with E-state index in [0.29, 0.717) is 50.7 Å². The van der Waals surface area contributed by atoms with Crippen molar-refractivity contribution in [3.63, 3.8) is 0 Å². The Kier molecular flexibility index (Phi) is 9.41. The van der Waals surface area contributed by atoms with Crippen LogP contribution in [0.15, 0.2) is 158 Å². The van der Waals surface area contributed by atoms with Gasteiger partial charge in [0.15, 0.2) is 17.5 Å². The minimum atomic E-state index is -5.17. The Hall–Kier alpha value is -8.09. The number of benzene rings is 7. The van der Waals surface area contributed by atoms with E-state index in [-0.39, 0.29) is 34.7 Å². The SMILES string of the molecule is N#Cc1ccc(-c2ccc3c4ccccc4n(-c4ccc(-c5ccc(C(F)(F)F)cc5C(F)(F)F)c(-c5nc(-c6ccccc6)nc(-c6ccccc6)n5)c4)c3c2)c(C#N)c1. The van der Waals surface area contributed by atoms with Crippen LogP contribution < -0.4 is 0 Å². The molecular weight excluding hydrogens is 787 g/mol. The summed E-state index contributed by atoms with van der Waals surface area (Å²) in [5, 5.41) is 21.2. The average Bonchev–Trinajstić information content (AvgIpc) is 3.62. The summed E-state index contributed by atoms with van der Waals surface area (Å²) in [6.07, 6.45) is -10.2. The third-order valence-corrected chi connectivity index (χ3v) is 10.4. The maximum absolute atomic E-state index is 14.9. The molecule has 0 radical (unpaired) electrons. The standard InChI is InChI=1S/C49H26F6N6/c50-48(51,52)34-17-21-38(42(25-34)49(53,54)55)37-22-18-35(26-41(37)47-59-45(30-9-3-1-4-10-30)58-46(60-47)31-11-5-2-6-12-31)61-43-14-8-7-13-39(43)40-20-16-32(24-44(40)61)36-19-15-29(27-56)23-33(36)28-57/h1-26H. The molecule has 0 saturated heterocycles. The van der Waals surface area contributed by atoms with Crippen LogP contribution in [0, 0.1) is 22.7 Å². The number of halogens is 6. The quantitative estimate of drug-likeness (QED) is 0.156. The van der Waals surface area contributed by atoms with Crippen LogP contribution in [0.1, 0.15) is 22.3 Å². The lowest BCUT2D eigenvalue weighted by Crippen LogP contribution is -2.12. The maximum atomic E-state index is 14.9. The maximum Gasteiger partial charge on any atom is 0.417 e. The first-order chi connectivity index (χ1) is 29.4. The number of nitriles is 2. The molecule has 2 aromatic heterocycles. The fraction of sp³-hybridized carbons (Fsp3) is 0.0408. The van der Waals surface area contributed by atoms with Gasteiger partial charge < -0.3 is 4.57 Å². The molecule has 0 spiro atoms. The molecule has 0 aliphatic heterocycles. The van der Waals surface area contributed by atoms with Gasteiger partial charge in [-0.05, 0) is 70.8 Å². The van der Waals surface area contributed by atoms with E-state index < -0.39 is 29.0 Å². The molecule has 12 heteroatoms. The van der Waals surface area contributed by atoms with Crippen molar-refractivity contribution in [2.45, 2.75) is 12.4 Å². The van der Waals surface area contributed by atoms with Crippen LogP contribution in [-0.2, 0) is 12.4 Å². The zero-order valence-electron chi connectivity index (χ0n) is 31.5. The zero-order valence-corrected chi connectivity index (χ0v) is 31.5. The number of nitrogens with zero attached hydrogens (tertiary/aromatic N) is 6. The fourth-order valence-electron chi connectivity index (χ4n) is 7.58. The lowest BCUT2D eigenvalue weighted by atomic mass is 9.92. The summed E-state index contributed by atoms with van der Waals surface area (Å²) >= 11 is 0. The van der Waals surface area contributed by atoms with Crippen molar-refractivity contribution in [2.75, 3.05) is 0 Å². The van der Waals surface area contributed by atoms with Gasteiger partial charge in [0, 0.05) is 33.2 Å². The van der Waals surface area contributed by atoms with Gasteiger partial charge in [0.05, 0.1) is 45.4 Å². The van der Waals surface area contributed by atoms with Crippen LogP contribution in [0.2, 0.25) is 0 Å². The molecule has 0 aliphatic rings. The first kappa shape index (κ1) is 38.4. The monoisotopic (exact) mass is 812 g/mol. The molecule has 0 amide bonds. The van der Waals surface area contributed by atoms with Crippen molar-refractivity contribution in [2.24, 2.45) is 0 Å². The lowest BCUT2D eigenvalue weighted by Gasteiger charge is -2.19. The van der Waals surface area contributed by atoms with Crippen LogP contribution in [0.3, 0.4) is 0 Å². The summed E-state index contributed by atoms with van der Waals surface area (Å²) < 4.78 is 88.3. The van der Waals surface area contributed by atoms with Gasteiger partial charge in [-0.3, -0.25) is 0 Å². The van der Waals surface area contributed by atoms with Gasteiger partial charge in [-0.15, -0.1) is 0 Å². The lowest BCUT2D eigenvalue weighted by molar-refractivity contribution is -0.142. The Morgan fingerprint density at radius 3 is 1.69 bits per heavy atom. The number of rotatable bonds is 6. The van der Waals surface area contributed by atoms with E-state index in [2.05, 4.69) is 12.1 Å². The average molecular weight is 813 g/mol. The molecule has 0 unspecified atom stereocenters. The number of aromatic nitrogens is 4. The highest BCUT2D eigenvalue weighted by atomic mass is 19.4. The Morgan fingerprint density at radius 2 is 1.05 bits per heavy atom. The van der Waals surface area contributed by atoms with Crippen molar-refractivity contribution in [3.05, 3.63) is 180 Å². The predicted octanol–water partition coefficient (Wildman–Crippen LogP) is 13.1. The van der Waals surface area contributed by atoms with Crippen LogP contribution in [0.5, 0.6) is 0 Å². The van der Waals surface area contributed by atoms with E-state index in [0.717, 1.165) is 22.4 Å². The molecule has 0 aliphatic carbocycles. The molecule has 0 atom stereocenters. The molecule has 9 aromatic rings. The Bertz CT molecular complexity index is 3190. The Morgan fingerprint density at radius 1 is 0.443 bits per heavy atom. The van der Waals surface area contributed by atoms with E-state index >= 15 is 0 Å². The van der Waals surface area contributed by atoms with Crippen LogP contribution in [0.25, 0.3) is 83.9 Å². The molecule has 0 fully saturated rings. The summed E-state index contributed by atoms with van der Waals surface area (Å²) in [7, 11) is 0. The van der Waals surface area contributed by atoms with E-state index in [1.165, 1.54) is 12.1 Å². The molecule has 2 heterocycles. The van der Waals surface area contributed by atoms with E-state index in [1.54, 1.807) is 72.8 Å². The third kappa shape index (κ3) is 7.10. The van der Waals surface area contributed by atoms with Crippen LogP contribution in [0.4, 0.5) is 26.3 Å². The normalized spacial score (nSPS) is 11.7. The highest BCUT2D eigenvalue weighted by Crippen LogP contribution is 2.45. The van der Waals surface area contributed by atoms with E-state index in [9.17, 15) is 36.9 Å². The molecule has 7 aromatic carbocycles. The second-order valence-electron chi connectivity index (χ2n) is 14.1. The molecule has 9 rings (SSSR count). The molecule has 6 nitrogen and oxygen atoms in total. The molecule has 0 N–H and O–H groups in total. The number of alkyl halides is 6. The van der Waals surface area contributed by atoms with E-state index in [1.807, 2.05) is 59.2 Å². The van der Waals surface area contributed by atoms with Gasteiger partial charge in [-0.2, -0.15) is 36.9 Å². The van der Waals surface area contributed by atoms with Gasteiger partial charge in [-0.1, -0.05) is 109 Å². The Labute approximate surface area is 343 Å². The molecule has 294 valence electrons. The molecule has 61 heavy (non-hydrogen) atoms. The van der Waals surface area contributed by atoms with Crippen molar-refractivity contribution in [1.29, 1.82) is 10.5 Å². The van der Waals surface area contributed by atoms with Crippen molar-refractivity contribution in [1.82, 2.24) is 19.5 Å². The van der Waals surface area contributed by atoms with Crippen LogP contribution in [-0.4, -0.2) is 19.5 Å². The fourth-order valence-corrected chi connectivity index (χ4v) is 7.58. The van der Waals surface area contributed by atoms with Gasteiger partial charge in [0.25, 0.3) is 0 Å². The van der Waals surface area contributed by atoms with Crippen molar-refractivity contribution >= 4 is 21.8 Å². The van der Waals surface area contributed by atoms with Gasteiger partial charge >= 0.3 is 12.4 Å². The van der Waals surface area contributed by atoms with Crippen molar-refractivity contribution < 1.29 is 26.3 Å². The second-order valence-corrected chi connectivity index (χ2v) is 14.1. The minimum absolute atomic E-state index is 0.0183. The molecular formula is C49H26F6N6. The first-order valence-corrected chi connectivity index (χ1v) is 18.7. The summed E-state index contributed by atoms with van der Waals surface area (Å²) in [6.45, 7) is 0. The first-order valence-electron chi connectivity index (χ1n) is 18.7. The molecule has 0 saturated carbocycles. The van der Waals surface area contributed by atoms with Crippen LogP contribution >= 0.6 is 0 Å². The Balaban J connectivity index is 1.36. The largest absolute Gasteiger partial charge is 0.417 e. The highest BCUT2D eigenvalue weighted by Gasteiger charge is 2.39. The highest BCUT2D eigenvalue weighted by molar-refractivity contribution is 6.10. The number of fused-ring (bicyclic) bond motifs is 3. The van der Waals surface area contributed by atoms with Gasteiger partial charge in [0.1, 0.15) is 0 Å². The summed E-state index contributed by atoms with van der Waals surface area (Å²) in [5.74, 6) is 0.429. The zero-order chi connectivity index (χ0) is 42.5. The summed E-state index contributed by atoms with van der Waals surface area (Å²) in [6, 6.07) is 46.5. The van der Waals surface area contributed by atoms with Gasteiger partial charge in [0.2, 0.25) is 0 Å². The summed E-state index contributed by atoms with van der Waals surface area (Å²) in [5.41, 5.74) is 1.59. The minimum Gasteiger partial charge on any atom is -0.309 e. The van der Waals surface area contributed by atoms with E-state index in [4.69, 9.17) is 15.0 Å². The van der Waals surface area contributed by atoms with Gasteiger partial charge in [-0.25, -0.2) is 15.0 Å². The van der Waals surface area contributed by atoms with Crippen molar-refractivity contribution in [3.8, 4) is 74.2 Å². The number of para-hydroxylation sites is 1. The number of hydrogen-bond acceptors (Lipinski definition) is 5. The number of hydrogen-bond donors (Lipinski definition) is 0. The third-order valence-electron chi connectivity index (χ3n) is 10.4. The second kappa shape index (κ2) is 14.9.